The summed E-state index contributed by atoms with van der Waals surface area (Å²) in [6.45, 7) is 12.2. The van der Waals surface area contributed by atoms with E-state index in [1.165, 1.54) is 12.1 Å². The van der Waals surface area contributed by atoms with Crippen molar-refractivity contribution in [2.24, 2.45) is 4.99 Å². The molecule has 0 fully saturated rings. The summed E-state index contributed by atoms with van der Waals surface area (Å²) in [5, 5.41) is 0. The summed E-state index contributed by atoms with van der Waals surface area (Å²) in [5.41, 5.74) is 1.29. The molecule has 0 atom stereocenters. The van der Waals surface area contributed by atoms with Crippen LogP contribution >= 0.6 is 0 Å². The summed E-state index contributed by atoms with van der Waals surface area (Å²) < 4.78 is 32.1. The minimum atomic E-state index is -2.53. The van der Waals surface area contributed by atoms with Gasteiger partial charge in [0.25, 0.3) is 6.43 Å². The SMILES string of the molecule is CCN(C)C=Nc1cc(C(F)F)cc(OCCC[Si](C)(C)C)c1C. The van der Waals surface area contributed by atoms with E-state index in [0.29, 0.717) is 18.0 Å². The molecular weight excluding hydrogens is 326 g/mol. The van der Waals surface area contributed by atoms with Crippen LogP contribution in [0.1, 0.15) is 30.9 Å². The van der Waals surface area contributed by atoms with Crippen molar-refractivity contribution in [3.63, 3.8) is 0 Å². The Morgan fingerprint density at radius 2 is 1.96 bits per heavy atom. The average molecular weight is 357 g/mol. The van der Waals surface area contributed by atoms with Crippen LogP contribution in [-0.4, -0.2) is 39.5 Å². The summed E-state index contributed by atoms with van der Waals surface area (Å²) in [6.07, 6.45) is 0.0745. The molecular formula is C18H30F2N2OSi. The molecule has 3 nitrogen and oxygen atoms in total. The number of benzene rings is 1. The fraction of sp³-hybridized carbons (Fsp3) is 0.611. The van der Waals surface area contributed by atoms with Crippen LogP contribution in [0.2, 0.25) is 25.7 Å². The third kappa shape index (κ3) is 6.99. The van der Waals surface area contributed by atoms with E-state index in [4.69, 9.17) is 4.74 Å². The van der Waals surface area contributed by atoms with Crippen molar-refractivity contribution in [1.82, 2.24) is 4.90 Å². The van der Waals surface area contributed by atoms with E-state index in [1.54, 1.807) is 6.34 Å². The van der Waals surface area contributed by atoms with Gasteiger partial charge in [0.05, 0.1) is 18.6 Å². The van der Waals surface area contributed by atoms with Gasteiger partial charge in [0.2, 0.25) is 0 Å². The molecule has 1 aromatic carbocycles. The van der Waals surface area contributed by atoms with E-state index in [-0.39, 0.29) is 5.56 Å². The van der Waals surface area contributed by atoms with E-state index >= 15 is 0 Å². The molecule has 136 valence electrons. The molecule has 0 saturated heterocycles. The molecule has 0 aliphatic heterocycles. The molecule has 0 N–H and O–H groups in total. The number of ether oxygens (including phenoxy) is 1. The first-order chi connectivity index (χ1) is 11.1. The van der Waals surface area contributed by atoms with Gasteiger partial charge in [-0.1, -0.05) is 25.7 Å². The second-order valence-electron chi connectivity index (χ2n) is 7.29. The number of nitrogens with zero attached hydrogens (tertiary/aromatic N) is 2. The summed E-state index contributed by atoms with van der Waals surface area (Å²) in [4.78, 5) is 6.23. The standard InChI is InChI=1S/C18H30F2N2OSi/c1-7-22(3)13-21-16-11-15(18(19)20)12-17(14(16)2)23-9-8-10-24(4,5)6/h11-13,18H,7-10H2,1-6H3. The maximum atomic E-state index is 13.2. The molecule has 0 bridgehead atoms. The van der Waals surface area contributed by atoms with Crippen molar-refractivity contribution in [1.29, 1.82) is 0 Å². The molecule has 24 heavy (non-hydrogen) atoms. The van der Waals surface area contributed by atoms with Gasteiger partial charge in [-0.3, -0.25) is 0 Å². The summed E-state index contributed by atoms with van der Waals surface area (Å²) in [5.74, 6) is 0.509. The van der Waals surface area contributed by atoms with E-state index in [1.807, 2.05) is 25.8 Å². The van der Waals surface area contributed by atoms with Crippen LogP contribution in [0.25, 0.3) is 0 Å². The molecule has 0 aliphatic carbocycles. The van der Waals surface area contributed by atoms with Crippen molar-refractivity contribution in [3.8, 4) is 5.75 Å². The largest absolute Gasteiger partial charge is 0.493 e. The maximum Gasteiger partial charge on any atom is 0.264 e. The van der Waals surface area contributed by atoms with Gasteiger partial charge in [0, 0.05) is 32.8 Å². The topological polar surface area (TPSA) is 24.8 Å². The Morgan fingerprint density at radius 1 is 1.29 bits per heavy atom. The lowest BCUT2D eigenvalue weighted by atomic mass is 10.1. The molecule has 0 radical (unpaired) electrons. The van der Waals surface area contributed by atoms with Crippen molar-refractivity contribution < 1.29 is 13.5 Å². The van der Waals surface area contributed by atoms with Crippen LogP contribution in [0.15, 0.2) is 17.1 Å². The monoisotopic (exact) mass is 356 g/mol. The molecule has 0 unspecified atom stereocenters. The zero-order valence-electron chi connectivity index (χ0n) is 15.7. The summed E-state index contributed by atoms with van der Waals surface area (Å²) in [6, 6.07) is 4.04. The lowest BCUT2D eigenvalue weighted by Gasteiger charge is -2.17. The van der Waals surface area contributed by atoms with E-state index in [0.717, 1.165) is 24.6 Å². The Balaban J connectivity index is 2.93. The van der Waals surface area contributed by atoms with Gasteiger partial charge in [-0.15, -0.1) is 0 Å². The molecule has 0 spiro atoms. The lowest BCUT2D eigenvalue weighted by molar-refractivity contribution is 0.151. The quantitative estimate of drug-likeness (QED) is 0.247. The number of halogens is 2. The fourth-order valence-electron chi connectivity index (χ4n) is 2.13. The number of alkyl halides is 2. The van der Waals surface area contributed by atoms with Crippen LogP contribution in [0.3, 0.4) is 0 Å². The maximum absolute atomic E-state index is 13.2. The highest BCUT2D eigenvalue weighted by molar-refractivity contribution is 6.76. The van der Waals surface area contributed by atoms with Gasteiger partial charge in [-0.05, 0) is 32.4 Å². The number of aliphatic imine (C=N–C) groups is 1. The zero-order chi connectivity index (χ0) is 18.3. The van der Waals surface area contributed by atoms with Crippen LogP contribution in [0.5, 0.6) is 5.75 Å². The molecule has 1 aromatic rings. The Hall–Kier alpha value is -1.43. The van der Waals surface area contributed by atoms with E-state index in [2.05, 4.69) is 24.6 Å². The molecule has 0 saturated carbocycles. The lowest BCUT2D eigenvalue weighted by Crippen LogP contribution is -2.20. The predicted octanol–water partition coefficient (Wildman–Crippen LogP) is 5.65. The first-order valence-corrected chi connectivity index (χ1v) is 12.1. The Bertz CT molecular complexity index is 557. The molecule has 0 amide bonds. The van der Waals surface area contributed by atoms with Gasteiger partial charge in [-0.2, -0.15) is 0 Å². The van der Waals surface area contributed by atoms with Crippen LogP contribution < -0.4 is 4.74 Å². The molecule has 0 aromatic heterocycles. The van der Waals surface area contributed by atoms with E-state index < -0.39 is 14.5 Å². The third-order valence-corrected chi connectivity index (χ3v) is 5.68. The van der Waals surface area contributed by atoms with Crippen molar-refractivity contribution in [2.45, 2.75) is 52.4 Å². The fourth-order valence-corrected chi connectivity index (χ4v) is 3.34. The molecule has 6 heteroatoms. The van der Waals surface area contributed by atoms with Crippen LogP contribution in [0.4, 0.5) is 14.5 Å². The number of hydrogen-bond donors (Lipinski definition) is 0. The van der Waals surface area contributed by atoms with Crippen molar-refractivity contribution in [2.75, 3.05) is 20.2 Å². The second kappa shape index (κ2) is 9.16. The Morgan fingerprint density at radius 3 is 2.50 bits per heavy atom. The summed E-state index contributed by atoms with van der Waals surface area (Å²) in [7, 11) is 0.785. The van der Waals surface area contributed by atoms with Crippen LogP contribution in [0, 0.1) is 6.92 Å². The molecule has 1 rings (SSSR count). The van der Waals surface area contributed by atoms with Gasteiger partial charge < -0.3 is 9.64 Å². The third-order valence-electron chi connectivity index (χ3n) is 3.83. The summed E-state index contributed by atoms with van der Waals surface area (Å²) >= 11 is 0. The second-order valence-corrected chi connectivity index (χ2v) is 12.9. The van der Waals surface area contributed by atoms with Gasteiger partial charge in [-0.25, -0.2) is 13.8 Å². The minimum absolute atomic E-state index is 0.0490. The minimum Gasteiger partial charge on any atom is -0.493 e. The number of hydrogen-bond acceptors (Lipinski definition) is 2. The van der Waals surface area contributed by atoms with Gasteiger partial charge in [0.1, 0.15) is 5.75 Å². The molecule has 0 aliphatic rings. The Labute approximate surface area is 145 Å². The Kier molecular flexibility index (Phi) is 7.86. The number of rotatable bonds is 9. The highest BCUT2D eigenvalue weighted by atomic mass is 28.3. The van der Waals surface area contributed by atoms with Gasteiger partial charge in [0.15, 0.2) is 0 Å². The first-order valence-electron chi connectivity index (χ1n) is 8.44. The normalized spacial score (nSPS) is 12.2. The zero-order valence-corrected chi connectivity index (χ0v) is 16.7. The van der Waals surface area contributed by atoms with Crippen molar-refractivity contribution >= 4 is 20.1 Å². The highest BCUT2D eigenvalue weighted by Crippen LogP contribution is 2.34. The van der Waals surface area contributed by atoms with E-state index in [9.17, 15) is 8.78 Å². The first kappa shape index (κ1) is 20.6. The molecule has 0 heterocycles. The van der Waals surface area contributed by atoms with Gasteiger partial charge >= 0.3 is 0 Å². The smallest absolute Gasteiger partial charge is 0.264 e. The van der Waals surface area contributed by atoms with Crippen LogP contribution in [-0.2, 0) is 0 Å². The predicted molar refractivity (Wildman–Crippen MR) is 101 cm³/mol. The average Bonchev–Trinajstić information content (AvgIpc) is 2.50. The highest BCUT2D eigenvalue weighted by Gasteiger charge is 2.15. The van der Waals surface area contributed by atoms with Crippen molar-refractivity contribution in [3.05, 3.63) is 23.3 Å².